The second kappa shape index (κ2) is 23.3. The molecule has 0 radical (unpaired) electrons. The SMILES string of the molecule is COC(=O)C1C[C@@H]2CN1C(=O)C(C1CCCCC1)NC(=O)CCCCc1ccc(cc1)S(=O)(=O)N2.O=C1CCCCc2ccc(cc2)S(=O)(=O)N[C@@H]2CC(C(=O)O)N(C2)C(=O)C(C2CCCCC2)N1. The number of esters is 1. The molecule has 2 aromatic carbocycles. The first kappa shape index (κ1) is 51.9. The van der Waals surface area contributed by atoms with Crippen molar-refractivity contribution in [1.82, 2.24) is 29.9 Å². The predicted molar refractivity (Wildman–Crippen MR) is 253 cm³/mol. The molecular formula is C49H68N6O12S2. The number of amides is 4. The summed E-state index contributed by atoms with van der Waals surface area (Å²) in [5.41, 5.74) is 1.98. The third-order valence-corrected chi connectivity index (χ3v) is 17.8. The summed E-state index contributed by atoms with van der Waals surface area (Å²) in [5.74, 6) is -2.96. The zero-order chi connectivity index (χ0) is 49.3. The number of aryl methyl sites for hydroxylation is 2. The molecule has 69 heavy (non-hydrogen) atoms. The summed E-state index contributed by atoms with van der Waals surface area (Å²) >= 11 is 0. The van der Waals surface area contributed by atoms with Gasteiger partial charge in [0.05, 0.1) is 16.9 Å². The maximum atomic E-state index is 13.8. The van der Waals surface area contributed by atoms with Crippen LogP contribution in [0.2, 0.25) is 0 Å². The molecule has 18 nitrogen and oxygen atoms in total. The van der Waals surface area contributed by atoms with Crippen molar-refractivity contribution in [2.75, 3.05) is 20.2 Å². The fraction of sp³-hybridized carbons (Fsp3) is 0.633. The lowest BCUT2D eigenvalue weighted by Crippen LogP contribution is -2.55. The highest BCUT2D eigenvalue weighted by Gasteiger charge is 2.47. The minimum atomic E-state index is -3.87. The van der Waals surface area contributed by atoms with Crippen molar-refractivity contribution in [3.05, 3.63) is 59.7 Å². The van der Waals surface area contributed by atoms with Crippen molar-refractivity contribution in [2.45, 2.75) is 174 Å². The van der Waals surface area contributed by atoms with Crippen LogP contribution in [-0.2, 0) is 66.4 Å². The molecule has 2 saturated heterocycles. The second-order valence-corrected chi connectivity index (χ2v) is 23.0. The lowest BCUT2D eigenvalue weighted by molar-refractivity contribution is -0.152. The Morgan fingerprint density at radius 1 is 0.551 bits per heavy atom. The first-order valence-electron chi connectivity index (χ1n) is 24.8. The Bertz CT molecular complexity index is 2390. The van der Waals surface area contributed by atoms with E-state index in [0.717, 1.165) is 101 Å². The fourth-order valence-electron chi connectivity index (χ4n) is 10.9. The van der Waals surface area contributed by atoms with Gasteiger partial charge in [0.2, 0.25) is 43.7 Å². The largest absolute Gasteiger partial charge is 0.480 e. The number of nitrogens with zero attached hydrogens (tertiary/aromatic N) is 2. The average Bonchev–Trinajstić information content (AvgIpc) is 3.97. The molecule has 6 heterocycles. The van der Waals surface area contributed by atoms with Gasteiger partial charge in [-0.1, -0.05) is 62.8 Å². The first-order chi connectivity index (χ1) is 33.0. The van der Waals surface area contributed by atoms with E-state index in [9.17, 15) is 50.7 Å². The normalized spacial score (nSPS) is 28.7. The van der Waals surface area contributed by atoms with E-state index in [-0.39, 0.29) is 71.7 Å². The van der Waals surface area contributed by atoms with Crippen LogP contribution in [0.25, 0.3) is 0 Å². The van der Waals surface area contributed by atoms with Crippen LogP contribution in [0.4, 0.5) is 0 Å². The smallest absolute Gasteiger partial charge is 0.328 e. The number of benzene rings is 2. The highest BCUT2D eigenvalue weighted by atomic mass is 32.2. The van der Waals surface area contributed by atoms with Gasteiger partial charge < -0.3 is 30.3 Å². The summed E-state index contributed by atoms with van der Waals surface area (Å²) in [6.45, 7) is -0.0127. The van der Waals surface area contributed by atoms with Gasteiger partial charge in [-0.15, -0.1) is 0 Å². The number of fused-ring (bicyclic) bond motifs is 20. The Balaban J connectivity index is 0.000000204. The highest BCUT2D eigenvalue weighted by Crippen LogP contribution is 2.32. The maximum absolute atomic E-state index is 13.8. The zero-order valence-corrected chi connectivity index (χ0v) is 41.1. The third-order valence-electron chi connectivity index (χ3n) is 14.7. The number of rotatable bonds is 4. The number of sulfonamides is 2. The van der Waals surface area contributed by atoms with Gasteiger partial charge in [0.15, 0.2) is 0 Å². The van der Waals surface area contributed by atoms with Crippen LogP contribution in [-0.4, -0.2) is 124 Å². The third kappa shape index (κ3) is 13.3. The molecule has 0 spiro atoms. The van der Waals surface area contributed by atoms with Gasteiger partial charge in [0.25, 0.3) is 0 Å². The number of carboxylic acids is 1. The van der Waals surface area contributed by atoms with Crippen LogP contribution >= 0.6 is 0 Å². The predicted octanol–water partition coefficient (Wildman–Crippen LogP) is 3.71. The minimum absolute atomic E-state index is 0.00771. The summed E-state index contributed by atoms with van der Waals surface area (Å²) in [6, 6.07) is 8.34. The monoisotopic (exact) mass is 996 g/mol. The molecule has 8 aliphatic rings. The molecular weight excluding hydrogens is 929 g/mol. The van der Waals surface area contributed by atoms with Gasteiger partial charge in [-0.25, -0.2) is 35.9 Å². The summed E-state index contributed by atoms with van der Waals surface area (Å²) < 4.78 is 62.2. The number of carbonyl (C=O) groups is 6. The maximum Gasteiger partial charge on any atom is 0.328 e. The Kier molecular flexibility index (Phi) is 17.6. The molecule has 8 bridgehead atoms. The number of nitrogens with one attached hydrogen (secondary N) is 4. The first-order valence-corrected chi connectivity index (χ1v) is 27.7. The molecule has 4 unspecified atom stereocenters. The van der Waals surface area contributed by atoms with E-state index in [1.54, 1.807) is 36.4 Å². The van der Waals surface area contributed by atoms with Crippen molar-refractivity contribution < 1.29 is 55.4 Å². The molecule has 2 aromatic rings. The quantitative estimate of drug-likeness (QED) is 0.275. The molecule has 5 N–H and O–H groups in total. The van der Waals surface area contributed by atoms with E-state index in [1.807, 2.05) is 0 Å². The highest BCUT2D eigenvalue weighted by molar-refractivity contribution is 7.89. The number of hydrogen-bond donors (Lipinski definition) is 5. The Morgan fingerprint density at radius 2 is 0.928 bits per heavy atom. The number of hydrogen-bond acceptors (Lipinski definition) is 11. The molecule has 2 saturated carbocycles. The van der Waals surface area contributed by atoms with Gasteiger partial charge in [0.1, 0.15) is 24.2 Å². The topological polar surface area (TPSA) is 255 Å². The zero-order valence-electron chi connectivity index (χ0n) is 39.4. The van der Waals surface area contributed by atoms with E-state index in [4.69, 9.17) is 4.74 Å². The number of aliphatic carboxylic acids is 1. The molecule has 0 aromatic heterocycles. The van der Waals surface area contributed by atoms with Gasteiger partial charge in [0, 0.05) is 38.0 Å². The van der Waals surface area contributed by atoms with Crippen molar-refractivity contribution in [2.24, 2.45) is 11.8 Å². The minimum Gasteiger partial charge on any atom is -0.480 e. The summed E-state index contributed by atoms with van der Waals surface area (Å²) in [7, 11) is -6.46. The molecule has 6 aliphatic heterocycles. The molecule has 2 aliphatic carbocycles. The summed E-state index contributed by atoms with van der Waals surface area (Å²) in [4.78, 5) is 80.6. The van der Waals surface area contributed by atoms with E-state index in [1.165, 1.54) is 29.0 Å². The molecule has 378 valence electrons. The number of carboxylic acid groups (broad SMARTS) is 1. The lowest BCUT2D eigenvalue weighted by Gasteiger charge is -2.34. The Morgan fingerprint density at radius 3 is 1.32 bits per heavy atom. The van der Waals surface area contributed by atoms with Crippen LogP contribution in [0.1, 0.15) is 127 Å². The molecule has 4 fully saturated rings. The molecule has 20 heteroatoms. The van der Waals surface area contributed by atoms with E-state index in [0.29, 0.717) is 19.3 Å². The van der Waals surface area contributed by atoms with Gasteiger partial charge in [-0.05, 0) is 124 Å². The Hall–Kier alpha value is -4.92. The standard InChI is InChI=1S/C25H35N3O6S.C24H33N3O6S/c1-34-25(31)21-15-19-16-28(21)24(30)23(18-8-3-2-4-9-18)26-22(29)10-6-5-7-17-11-13-20(14-12-17)35(32,33)27-19;28-21-9-5-4-6-16-10-12-19(13-11-16)34(32,33)26-18-14-20(24(30)31)27(15-18)23(29)22(25-21)17-7-2-1-3-8-17/h11-14,18-19,21,23,27H,2-10,15-16H2,1H3,(H,26,29);10-13,17-18,20,22,26H,1-9,14-15H2,(H,25,28)(H,30,31)/t19-,21?,23?;18-,20?,22?/m11/s1. The van der Waals surface area contributed by atoms with E-state index in [2.05, 4.69) is 20.1 Å². The van der Waals surface area contributed by atoms with Crippen molar-refractivity contribution in [1.29, 1.82) is 0 Å². The van der Waals surface area contributed by atoms with Crippen LogP contribution in [0.5, 0.6) is 0 Å². The van der Waals surface area contributed by atoms with Crippen LogP contribution in [0.3, 0.4) is 0 Å². The number of ether oxygens (including phenoxy) is 1. The molecule has 10 rings (SSSR count). The average molecular weight is 997 g/mol. The lowest BCUT2D eigenvalue weighted by atomic mass is 9.83. The Labute approximate surface area is 405 Å². The van der Waals surface area contributed by atoms with Gasteiger partial charge in [-0.3, -0.25) is 19.2 Å². The fourth-order valence-corrected chi connectivity index (χ4v) is 13.4. The summed E-state index contributed by atoms with van der Waals surface area (Å²) in [6.07, 6.45) is 14.3. The second-order valence-electron chi connectivity index (χ2n) is 19.6. The van der Waals surface area contributed by atoms with E-state index >= 15 is 0 Å². The van der Waals surface area contributed by atoms with Gasteiger partial charge in [-0.2, -0.15) is 0 Å². The summed E-state index contributed by atoms with van der Waals surface area (Å²) in [5, 5.41) is 15.7. The van der Waals surface area contributed by atoms with Crippen molar-refractivity contribution >= 4 is 55.6 Å². The number of methoxy groups -OCH3 is 1. The molecule has 6 atom stereocenters. The van der Waals surface area contributed by atoms with Crippen LogP contribution in [0, 0.1) is 11.8 Å². The number of carbonyl (C=O) groups excluding carboxylic acids is 5. The van der Waals surface area contributed by atoms with Crippen LogP contribution < -0.4 is 20.1 Å². The van der Waals surface area contributed by atoms with Crippen molar-refractivity contribution in [3.8, 4) is 0 Å². The van der Waals surface area contributed by atoms with Gasteiger partial charge >= 0.3 is 11.9 Å². The van der Waals surface area contributed by atoms with Crippen LogP contribution in [0.15, 0.2) is 58.3 Å². The van der Waals surface area contributed by atoms with E-state index < -0.39 is 74.1 Å². The molecule has 4 amide bonds. The van der Waals surface area contributed by atoms with Crippen molar-refractivity contribution in [3.63, 3.8) is 0 Å².